The predicted molar refractivity (Wildman–Crippen MR) is 127 cm³/mol. The number of nitrogens with zero attached hydrogens (tertiary/aromatic N) is 3. The fourth-order valence-electron chi connectivity index (χ4n) is 3.09. The number of benzene rings is 3. The van der Waals surface area contributed by atoms with E-state index >= 15 is 0 Å². The third-order valence-corrected chi connectivity index (χ3v) is 6.20. The summed E-state index contributed by atoms with van der Waals surface area (Å²) in [6.07, 6.45) is 0. The van der Waals surface area contributed by atoms with Crippen LogP contribution in [0.1, 0.15) is 0 Å². The Labute approximate surface area is 198 Å². The van der Waals surface area contributed by atoms with Crippen molar-refractivity contribution in [2.24, 2.45) is 0 Å². The molecule has 0 aliphatic rings. The molecule has 0 unspecified atom stereocenters. The number of halogens is 2. The molecule has 11 heteroatoms. The number of carbonyl (C=O) groups is 1. The largest absolute Gasteiger partial charge is 0.324 e. The quantitative estimate of drug-likeness (QED) is 0.164. The van der Waals surface area contributed by atoms with E-state index < -0.39 is 22.2 Å². The molecule has 8 nitrogen and oxygen atoms in total. The number of hydrogen-bond acceptors (Lipinski definition) is 6. The smallest absolute Gasteiger partial charge is 0.270 e. The number of nitro groups is 1. The molecule has 0 saturated heterocycles. The van der Waals surface area contributed by atoms with Gasteiger partial charge in [-0.25, -0.2) is 9.37 Å². The van der Waals surface area contributed by atoms with Crippen molar-refractivity contribution in [2.75, 3.05) is 11.1 Å². The molecule has 0 spiro atoms. The van der Waals surface area contributed by atoms with Crippen LogP contribution >= 0.6 is 27.7 Å². The van der Waals surface area contributed by atoms with Crippen LogP contribution in [0.4, 0.5) is 15.8 Å². The maximum absolute atomic E-state index is 14.5. The summed E-state index contributed by atoms with van der Waals surface area (Å²) in [4.78, 5) is 40.5. The maximum Gasteiger partial charge on any atom is 0.270 e. The lowest BCUT2D eigenvalue weighted by molar-refractivity contribution is -0.384. The van der Waals surface area contributed by atoms with Gasteiger partial charge in [-0.3, -0.25) is 24.3 Å². The number of para-hydroxylation sites is 2. The lowest BCUT2D eigenvalue weighted by atomic mass is 10.2. The van der Waals surface area contributed by atoms with Crippen LogP contribution < -0.4 is 10.9 Å². The fourth-order valence-corrected chi connectivity index (χ4v) is 4.36. The number of fused-ring (bicyclic) bond motifs is 1. The highest BCUT2D eigenvalue weighted by atomic mass is 79.9. The molecule has 4 rings (SSSR count). The van der Waals surface area contributed by atoms with Crippen molar-refractivity contribution in [3.8, 4) is 5.69 Å². The standard InChI is InChI=1S/C22H14BrFN4O4S/c23-15-11-13(28(31)32)9-10-18(15)25-20(29)12-33-22-26-17-7-3-1-5-14(17)21(30)27(22)19-8-4-2-6-16(19)24/h1-11H,12H2,(H,25,29). The van der Waals surface area contributed by atoms with Gasteiger partial charge in [0.2, 0.25) is 5.91 Å². The first-order valence-corrected chi connectivity index (χ1v) is 11.3. The number of rotatable bonds is 6. The zero-order valence-corrected chi connectivity index (χ0v) is 19.1. The highest BCUT2D eigenvalue weighted by Crippen LogP contribution is 2.28. The van der Waals surface area contributed by atoms with Gasteiger partial charge in [0, 0.05) is 16.6 Å². The molecule has 0 aliphatic carbocycles. The van der Waals surface area contributed by atoms with E-state index in [0.717, 1.165) is 16.3 Å². The second-order valence-corrected chi connectivity index (χ2v) is 8.56. The highest BCUT2D eigenvalue weighted by Gasteiger charge is 2.18. The zero-order chi connectivity index (χ0) is 23.5. The molecule has 0 radical (unpaired) electrons. The van der Waals surface area contributed by atoms with E-state index in [2.05, 4.69) is 26.2 Å². The molecule has 1 heterocycles. The second kappa shape index (κ2) is 9.51. The number of aromatic nitrogens is 2. The Morgan fingerprint density at radius 1 is 1.15 bits per heavy atom. The molecular weight excluding hydrogens is 515 g/mol. The fraction of sp³-hybridized carbons (Fsp3) is 0.0455. The van der Waals surface area contributed by atoms with Gasteiger partial charge in [-0.1, -0.05) is 36.0 Å². The molecule has 0 saturated carbocycles. The molecular formula is C22H14BrFN4O4S. The van der Waals surface area contributed by atoms with Crippen LogP contribution in [0.3, 0.4) is 0 Å². The van der Waals surface area contributed by atoms with Crippen LogP contribution in [0.5, 0.6) is 0 Å². The van der Waals surface area contributed by atoms with Gasteiger partial charge >= 0.3 is 0 Å². The minimum Gasteiger partial charge on any atom is -0.324 e. The first-order valence-electron chi connectivity index (χ1n) is 9.48. The van der Waals surface area contributed by atoms with Gasteiger partial charge in [-0.2, -0.15) is 0 Å². The number of nitro benzene ring substituents is 1. The van der Waals surface area contributed by atoms with Crippen molar-refractivity contribution >= 4 is 55.9 Å². The van der Waals surface area contributed by atoms with E-state index in [4.69, 9.17) is 0 Å². The summed E-state index contributed by atoms with van der Waals surface area (Å²) >= 11 is 4.17. The summed E-state index contributed by atoms with van der Waals surface area (Å²) < 4.78 is 16.0. The second-order valence-electron chi connectivity index (χ2n) is 6.76. The minimum atomic E-state index is -0.599. The van der Waals surface area contributed by atoms with Crippen molar-refractivity contribution in [3.05, 3.63) is 97.5 Å². The van der Waals surface area contributed by atoms with Crippen molar-refractivity contribution in [1.82, 2.24) is 9.55 Å². The van der Waals surface area contributed by atoms with Crippen LogP contribution in [0.25, 0.3) is 16.6 Å². The maximum atomic E-state index is 14.5. The van der Waals surface area contributed by atoms with E-state index in [9.17, 15) is 24.1 Å². The Bertz CT molecular complexity index is 1460. The van der Waals surface area contributed by atoms with Crippen LogP contribution in [0, 0.1) is 15.9 Å². The van der Waals surface area contributed by atoms with Crippen LogP contribution in [0.2, 0.25) is 0 Å². The number of nitrogens with one attached hydrogen (secondary N) is 1. The molecule has 0 bridgehead atoms. The topological polar surface area (TPSA) is 107 Å². The Kier molecular flexibility index (Phi) is 6.52. The minimum absolute atomic E-state index is 0.0294. The number of amides is 1. The number of hydrogen-bond donors (Lipinski definition) is 1. The summed E-state index contributed by atoms with van der Waals surface area (Å²) in [7, 11) is 0. The van der Waals surface area contributed by atoms with E-state index in [0.29, 0.717) is 21.1 Å². The van der Waals surface area contributed by atoms with Gasteiger partial charge in [0.15, 0.2) is 5.16 Å². The average Bonchev–Trinajstić information content (AvgIpc) is 2.80. The predicted octanol–water partition coefficient (Wildman–Crippen LogP) is 4.93. The van der Waals surface area contributed by atoms with Crippen LogP contribution in [0.15, 0.2) is 81.2 Å². The Balaban J connectivity index is 1.64. The Hall–Kier alpha value is -3.57. The first-order chi connectivity index (χ1) is 15.8. The van der Waals surface area contributed by atoms with Gasteiger partial charge in [0.1, 0.15) is 5.82 Å². The highest BCUT2D eigenvalue weighted by molar-refractivity contribution is 9.10. The zero-order valence-electron chi connectivity index (χ0n) is 16.7. The molecule has 4 aromatic rings. The average molecular weight is 529 g/mol. The van der Waals surface area contributed by atoms with Gasteiger partial charge in [0.05, 0.1) is 33.0 Å². The number of carbonyl (C=O) groups excluding carboxylic acids is 1. The summed E-state index contributed by atoms with van der Waals surface area (Å²) in [6, 6.07) is 16.5. The normalized spacial score (nSPS) is 10.8. The van der Waals surface area contributed by atoms with Crippen molar-refractivity contribution in [2.45, 2.75) is 5.16 Å². The van der Waals surface area contributed by atoms with Gasteiger partial charge < -0.3 is 5.32 Å². The van der Waals surface area contributed by atoms with Crippen molar-refractivity contribution < 1.29 is 14.1 Å². The van der Waals surface area contributed by atoms with Crippen molar-refractivity contribution in [1.29, 1.82) is 0 Å². The summed E-state index contributed by atoms with van der Waals surface area (Å²) in [6.45, 7) is 0. The molecule has 1 amide bonds. The van der Waals surface area contributed by atoms with Crippen LogP contribution in [-0.4, -0.2) is 26.1 Å². The lowest BCUT2D eigenvalue weighted by Crippen LogP contribution is -2.23. The Morgan fingerprint density at radius 2 is 1.88 bits per heavy atom. The summed E-state index contributed by atoms with van der Waals surface area (Å²) in [5, 5.41) is 14.0. The van der Waals surface area contributed by atoms with Gasteiger partial charge in [0.25, 0.3) is 11.2 Å². The molecule has 33 heavy (non-hydrogen) atoms. The Morgan fingerprint density at radius 3 is 2.61 bits per heavy atom. The van der Waals surface area contributed by atoms with Gasteiger partial charge in [-0.15, -0.1) is 0 Å². The van der Waals surface area contributed by atoms with Crippen LogP contribution in [-0.2, 0) is 4.79 Å². The van der Waals surface area contributed by atoms with E-state index in [-0.39, 0.29) is 22.3 Å². The summed E-state index contributed by atoms with van der Waals surface area (Å²) in [5.41, 5.74) is 0.234. The molecule has 0 atom stereocenters. The molecule has 0 aliphatic heterocycles. The summed E-state index contributed by atoms with van der Waals surface area (Å²) in [5.74, 6) is -1.17. The van der Waals surface area contributed by atoms with Crippen molar-refractivity contribution in [3.63, 3.8) is 0 Å². The number of non-ortho nitro benzene ring substituents is 1. The first kappa shape index (κ1) is 22.6. The third kappa shape index (κ3) is 4.78. The van der Waals surface area contributed by atoms with E-state index in [1.807, 2.05) is 0 Å². The van der Waals surface area contributed by atoms with E-state index in [1.165, 1.54) is 36.4 Å². The third-order valence-electron chi connectivity index (χ3n) is 4.61. The molecule has 0 fully saturated rings. The molecule has 1 N–H and O–H groups in total. The molecule has 3 aromatic carbocycles. The van der Waals surface area contributed by atoms with Gasteiger partial charge in [-0.05, 0) is 46.3 Å². The molecule has 1 aromatic heterocycles. The monoisotopic (exact) mass is 528 g/mol. The molecule has 166 valence electrons. The number of anilines is 1. The number of thioether (sulfide) groups is 1. The lowest BCUT2D eigenvalue weighted by Gasteiger charge is -2.14. The van der Waals surface area contributed by atoms with E-state index in [1.54, 1.807) is 30.3 Å². The SMILES string of the molecule is O=C(CSc1nc2ccccc2c(=O)n1-c1ccccc1F)Nc1ccc([N+](=O)[O-])cc1Br.